The van der Waals surface area contributed by atoms with Crippen molar-refractivity contribution in [1.29, 1.82) is 0 Å². The van der Waals surface area contributed by atoms with Crippen molar-refractivity contribution in [2.24, 2.45) is 15.8 Å². The highest BCUT2D eigenvalue weighted by molar-refractivity contribution is 5.78. The standard InChI is InChI=1S/C18H19FN4.C12H24.C2H6O.2C2H6/c1-13-21-17(16-9-6-10-18(2,3)12-20-16)22-23(13)11-14-7-4-5-8-15(14)19;1-12(2)10-8-6-4-3-5-7-9-11-12;1-2-3;2*1-2/h4-10,12H,11H2,1-3H3;3-11H2,1-2H3;3H,2H2,1H3;2*1-2H3. The first-order valence-corrected chi connectivity index (χ1v) is 16.3. The maximum atomic E-state index is 13.8. The average Bonchev–Trinajstić information content (AvgIpc) is 3.22. The average molecular weight is 585 g/mol. The number of nitrogens with zero attached hydrogens (tertiary/aromatic N) is 4. The fraction of sp³-hybridized carbons (Fsp3) is 0.639. The molecule has 2 heterocycles. The second-order valence-corrected chi connectivity index (χ2v) is 11.7. The van der Waals surface area contributed by atoms with E-state index in [4.69, 9.17) is 5.11 Å². The molecule has 1 N–H and O–H groups in total. The minimum absolute atomic E-state index is 0.0942. The summed E-state index contributed by atoms with van der Waals surface area (Å²) in [6.07, 6.45) is 21.1. The van der Waals surface area contributed by atoms with E-state index in [9.17, 15) is 4.39 Å². The van der Waals surface area contributed by atoms with Gasteiger partial charge < -0.3 is 5.11 Å². The summed E-state index contributed by atoms with van der Waals surface area (Å²) in [6.45, 7) is 21.2. The zero-order chi connectivity index (χ0) is 32.0. The largest absolute Gasteiger partial charge is 0.397 e. The van der Waals surface area contributed by atoms with E-state index in [-0.39, 0.29) is 17.8 Å². The number of hydrogen-bond donors (Lipinski definition) is 1. The van der Waals surface area contributed by atoms with Gasteiger partial charge in [0.15, 0.2) is 5.82 Å². The molecule has 0 atom stereocenters. The van der Waals surface area contributed by atoms with Crippen LogP contribution in [0, 0.1) is 23.6 Å². The van der Waals surface area contributed by atoms with Crippen LogP contribution in [0.2, 0.25) is 0 Å². The van der Waals surface area contributed by atoms with Crippen molar-refractivity contribution in [2.45, 2.75) is 134 Å². The maximum Gasteiger partial charge on any atom is 0.199 e. The topological polar surface area (TPSA) is 63.3 Å². The van der Waals surface area contributed by atoms with Crippen molar-refractivity contribution in [3.8, 4) is 0 Å². The second-order valence-electron chi connectivity index (χ2n) is 11.7. The lowest BCUT2D eigenvalue weighted by atomic mass is 9.81. The van der Waals surface area contributed by atoms with Crippen LogP contribution in [0.15, 0.2) is 47.5 Å². The predicted octanol–water partition coefficient (Wildman–Crippen LogP) is 10.4. The van der Waals surface area contributed by atoms with Crippen molar-refractivity contribution in [2.75, 3.05) is 6.61 Å². The number of aliphatic hydroxyl groups is 1. The summed E-state index contributed by atoms with van der Waals surface area (Å²) in [5.41, 5.74) is 1.84. The summed E-state index contributed by atoms with van der Waals surface area (Å²) in [6, 6.07) is 6.70. The number of aliphatic hydroxyl groups excluding tert-OH is 1. The zero-order valence-electron chi connectivity index (χ0n) is 28.5. The van der Waals surface area contributed by atoms with E-state index < -0.39 is 0 Å². The number of rotatable bonds is 3. The Labute approximate surface area is 257 Å². The summed E-state index contributed by atoms with van der Waals surface area (Å²) >= 11 is 0. The molecule has 1 fully saturated rings. The summed E-state index contributed by atoms with van der Waals surface area (Å²) in [7, 11) is 0. The maximum absolute atomic E-state index is 13.8. The van der Waals surface area contributed by atoms with Crippen LogP contribution in [0.25, 0.3) is 5.70 Å². The van der Waals surface area contributed by atoms with Gasteiger partial charge in [0.2, 0.25) is 0 Å². The molecule has 2 aliphatic rings. The Morgan fingerprint density at radius 2 is 1.40 bits per heavy atom. The minimum atomic E-state index is -0.236. The molecule has 0 saturated heterocycles. The Hall–Kier alpha value is -2.60. The van der Waals surface area contributed by atoms with Crippen molar-refractivity contribution < 1.29 is 9.50 Å². The molecule has 0 bridgehead atoms. The summed E-state index contributed by atoms with van der Waals surface area (Å²) in [5, 5.41) is 12.1. The summed E-state index contributed by atoms with van der Waals surface area (Å²) in [4.78, 5) is 8.95. The van der Waals surface area contributed by atoms with Crippen LogP contribution in [0.4, 0.5) is 4.39 Å². The van der Waals surface area contributed by atoms with Crippen LogP contribution in [0.5, 0.6) is 0 Å². The summed E-state index contributed by atoms with van der Waals surface area (Å²) < 4.78 is 15.5. The number of aryl methyl sites for hydroxylation is 1. The monoisotopic (exact) mass is 584 g/mol. The molecule has 5 nitrogen and oxygen atoms in total. The molecule has 0 spiro atoms. The smallest absolute Gasteiger partial charge is 0.199 e. The third-order valence-corrected chi connectivity index (χ3v) is 6.89. The van der Waals surface area contributed by atoms with E-state index in [1.807, 2.05) is 59.1 Å². The molecule has 1 aliphatic carbocycles. The first kappa shape index (κ1) is 39.4. The Kier molecular flexibility index (Phi) is 20.6. The molecular weight excluding hydrogens is 523 g/mol. The number of hydrogen-bond acceptors (Lipinski definition) is 4. The molecule has 2 aromatic rings. The van der Waals surface area contributed by atoms with Gasteiger partial charge in [-0.2, -0.15) is 0 Å². The molecule has 1 aliphatic heterocycles. The van der Waals surface area contributed by atoms with Crippen LogP contribution in [0.3, 0.4) is 0 Å². The molecule has 0 radical (unpaired) electrons. The normalized spacial score (nSPS) is 17.2. The lowest BCUT2D eigenvalue weighted by Gasteiger charge is -2.25. The first-order valence-electron chi connectivity index (χ1n) is 16.3. The highest BCUT2D eigenvalue weighted by atomic mass is 19.1. The molecule has 0 unspecified atom stereocenters. The fourth-order valence-electron chi connectivity index (χ4n) is 4.52. The van der Waals surface area contributed by atoms with E-state index in [0.29, 0.717) is 29.0 Å². The van der Waals surface area contributed by atoms with Gasteiger partial charge in [-0.15, -0.1) is 5.10 Å². The molecular formula is C36H61FN4O. The van der Waals surface area contributed by atoms with Crippen molar-refractivity contribution in [3.63, 3.8) is 0 Å². The van der Waals surface area contributed by atoms with Gasteiger partial charge in [0.1, 0.15) is 17.3 Å². The van der Waals surface area contributed by atoms with Crippen LogP contribution < -0.4 is 0 Å². The zero-order valence-corrected chi connectivity index (χ0v) is 28.5. The third-order valence-electron chi connectivity index (χ3n) is 6.89. The first-order chi connectivity index (χ1) is 20.1. The van der Waals surface area contributed by atoms with Crippen molar-refractivity contribution >= 4 is 11.9 Å². The SMILES string of the molecule is CC.CC.CC1(C)CCCCCCCCC1.CCO.Cc1nc(C2=CC=CC(C)(C)C=N2)nn1Cc1ccccc1F. The highest BCUT2D eigenvalue weighted by Gasteiger charge is 2.17. The van der Waals surface area contributed by atoms with Crippen LogP contribution in [0.1, 0.15) is 137 Å². The number of allylic oxidation sites excluding steroid dienone is 3. The fourth-order valence-corrected chi connectivity index (χ4v) is 4.52. The lowest BCUT2D eigenvalue weighted by Crippen LogP contribution is -2.11. The van der Waals surface area contributed by atoms with Gasteiger partial charge in [-0.25, -0.2) is 14.1 Å². The predicted molar refractivity (Wildman–Crippen MR) is 180 cm³/mol. The molecule has 1 saturated carbocycles. The molecule has 0 amide bonds. The number of aliphatic imine (C=N–C) groups is 1. The summed E-state index contributed by atoms with van der Waals surface area (Å²) in [5.74, 6) is 1.05. The quantitative estimate of drug-likeness (QED) is 0.390. The van der Waals surface area contributed by atoms with Gasteiger partial charge in [-0.05, 0) is 44.2 Å². The number of aromatic nitrogens is 3. The molecule has 4 rings (SSSR count). The van der Waals surface area contributed by atoms with Crippen LogP contribution in [-0.4, -0.2) is 32.7 Å². The third kappa shape index (κ3) is 16.1. The lowest BCUT2D eigenvalue weighted by molar-refractivity contribution is 0.275. The van der Waals surface area contributed by atoms with Gasteiger partial charge in [-0.1, -0.05) is 131 Å². The number of benzene rings is 1. The van der Waals surface area contributed by atoms with Crippen molar-refractivity contribution in [1.82, 2.24) is 14.8 Å². The number of halogens is 1. The molecule has 42 heavy (non-hydrogen) atoms. The molecule has 1 aromatic heterocycles. The van der Waals surface area contributed by atoms with E-state index in [0.717, 1.165) is 5.82 Å². The Morgan fingerprint density at radius 1 is 0.881 bits per heavy atom. The van der Waals surface area contributed by atoms with Gasteiger partial charge in [0, 0.05) is 23.8 Å². The van der Waals surface area contributed by atoms with Gasteiger partial charge in [-0.3, -0.25) is 4.99 Å². The highest BCUT2D eigenvalue weighted by Crippen LogP contribution is 2.31. The molecule has 6 heteroatoms. The minimum Gasteiger partial charge on any atom is -0.397 e. The van der Waals surface area contributed by atoms with E-state index in [2.05, 4.69) is 48.8 Å². The Balaban J connectivity index is 0.000000745. The Morgan fingerprint density at radius 3 is 1.95 bits per heavy atom. The van der Waals surface area contributed by atoms with Gasteiger partial charge in [0.05, 0.1) is 6.54 Å². The van der Waals surface area contributed by atoms with E-state index in [1.54, 1.807) is 23.7 Å². The van der Waals surface area contributed by atoms with Gasteiger partial charge >= 0.3 is 0 Å². The second kappa shape index (κ2) is 22.0. The molecule has 1 aromatic carbocycles. The van der Waals surface area contributed by atoms with Crippen molar-refractivity contribution in [3.05, 3.63) is 65.5 Å². The molecule has 238 valence electrons. The van der Waals surface area contributed by atoms with E-state index in [1.165, 1.54) is 63.9 Å². The van der Waals surface area contributed by atoms with Crippen LogP contribution in [-0.2, 0) is 6.54 Å². The Bertz CT molecular complexity index is 1050. The van der Waals surface area contributed by atoms with Gasteiger partial charge in [0.25, 0.3) is 0 Å². The van der Waals surface area contributed by atoms with Crippen LogP contribution >= 0.6 is 0 Å². The van der Waals surface area contributed by atoms with E-state index >= 15 is 0 Å².